The molecule has 0 spiro atoms. The smallest absolute Gasteiger partial charge is 0.226 e. The maximum atomic E-state index is 12.0. The quantitative estimate of drug-likeness (QED) is 0.925. The lowest BCUT2D eigenvalue weighted by atomic mass is 10.0. The van der Waals surface area contributed by atoms with Gasteiger partial charge in [0.15, 0.2) is 0 Å². The number of rotatable bonds is 3. The molecule has 2 rings (SSSR count). The summed E-state index contributed by atoms with van der Waals surface area (Å²) >= 11 is 3.28. The number of hydrogen-bond acceptors (Lipinski definition) is 4. The fourth-order valence-corrected chi connectivity index (χ4v) is 2.09. The average molecular weight is 314 g/mol. The van der Waals surface area contributed by atoms with Crippen LogP contribution >= 0.6 is 15.9 Å². The molecular weight excluding hydrogens is 298 g/mol. The van der Waals surface area contributed by atoms with Crippen molar-refractivity contribution in [3.05, 3.63) is 22.7 Å². The molecule has 1 fully saturated rings. The fraction of sp³-hybridized carbons (Fsp3) is 0.583. The third-order valence-electron chi connectivity index (χ3n) is 2.92. The first-order valence-electron chi connectivity index (χ1n) is 6.02. The van der Waals surface area contributed by atoms with Crippen molar-refractivity contribution in [1.82, 2.24) is 15.3 Å². The summed E-state index contributed by atoms with van der Waals surface area (Å²) in [5.74, 6) is 0.591. The van der Waals surface area contributed by atoms with Gasteiger partial charge in [0, 0.05) is 19.0 Å². The molecule has 1 aromatic rings. The molecule has 18 heavy (non-hydrogen) atoms. The maximum absolute atomic E-state index is 12.0. The molecule has 0 bridgehead atoms. The molecule has 1 saturated heterocycles. The van der Waals surface area contributed by atoms with Crippen LogP contribution in [0, 0.1) is 5.92 Å². The SMILES string of the molecule is C[C@@H](NC(=O)[C@@H]1CCCOC1)c1ncc(Br)cn1. The molecule has 0 aromatic carbocycles. The van der Waals surface area contributed by atoms with E-state index >= 15 is 0 Å². The van der Waals surface area contributed by atoms with Crippen LogP contribution in [0.15, 0.2) is 16.9 Å². The summed E-state index contributed by atoms with van der Waals surface area (Å²) in [5.41, 5.74) is 0. The Morgan fingerprint density at radius 1 is 1.56 bits per heavy atom. The molecular formula is C12H16BrN3O2. The van der Waals surface area contributed by atoms with Crippen LogP contribution in [0.1, 0.15) is 31.6 Å². The van der Waals surface area contributed by atoms with Crippen LogP contribution in [-0.4, -0.2) is 29.1 Å². The average Bonchev–Trinajstić information content (AvgIpc) is 2.40. The molecule has 1 aliphatic heterocycles. The van der Waals surface area contributed by atoms with Crippen LogP contribution < -0.4 is 5.32 Å². The Hall–Kier alpha value is -1.01. The van der Waals surface area contributed by atoms with Crippen molar-refractivity contribution in [3.8, 4) is 0 Å². The molecule has 1 amide bonds. The molecule has 0 unspecified atom stereocenters. The standard InChI is InChI=1S/C12H16BrN3O2/c1-8(11-14-5-10(13)6-15-11)16-12(17)9-3-2-4-18-7-9/h5-6,8-9H,2-4,7H2,1H3,(H,16,17)/t8-,9-/m1/s1. The van der Waals surface area contributed by atoms with E-state index in [2.05, 4.69) is 31.2 Å². The summed E-state index contributed by atoms with van der Waals surface area (Å²) in [6.45, 7) is 3.15. The number of aromatic nitrogens is 2. The van der Waals surface area contributed by atoms with Gasteiger partial charge >= 0.3 is 0 Å². The van der Waals surface area contributed by atoms with E-state index in [0.717, 1.165) is 23.9 Å². The van der Waals surface area contributed by atoms with Crippen LogP contribution in [0.4, 0.5) is 0 Å². The third kappa shape index (κ3) is 3.49. The van der Waals surface area contributed by atoms with Crippen molar-refractivity contribution in [2.45, 2.75) is 25.8 Å². The van der Waals surface area contributed by atoms with Gasteiger partial charge in [0.2, 0.25) is 5.91 Å². The molecule has 0 saturated carbocycles. The molecule has 6 heteroatoms. The zero-order valence-corrected chi connectivity index (χ0v) is 11.8. The summed E-state index contributed by atoms with van der Waals surface area (Å²) < 4.78 is 6.13. The highest BCUT2D eigenvalue weighted by molar-refractivity contribution is 9.10. The number of nitrogens with zero attached hydrogens (tertiary/aromatic N) is 2. The lowest BCUT2D eigenvalue weighted by Gasteiger charge is -2.23. The van der Waals surface area contributed by atoms with E-state index in [1.807, 2.05) is 6.92 Å². The van der Waals surface area contributed by atoms with E-state index < -0.39 is 0 Å². The second kappa shape index (κ2) is 6.24. The molecule has 2 heterocycles. The van der Waals surface area contributed by atoms with E-state index in [4.69, 9.17) is 4.74 Å². The van der Waals surface area contributed by atoms with Crippen LogP contribution in [0.5, 0.6) is 0 Å². The third-order valence-corrected chi connectivity index (χ3v) is 3.33. The second-order valence-corrected chi connectivity index (χ2v) is 5.32. The van der Waals surface area contributed by atoms with Crippen molar-refractivity contribution in [2.24, 2.45) is 5.92 Å². The van der Waals surface area contributed by atoms with Gasteiger partial charge in [-0.25, -0.2) is 9.97 Å². The Labute approximate surface area is 114 Å². The monoisotopic (exact) mass is 313 g/mol. The van der Waals surface area contributed by atoms with Crippen LogP contribution in [0.3, 0.4) is 0 Å². The van der Waals surface area contributed by atoms with E-state index in [1.165, 1.54) is 0 Å². The minimum atomic E-state index is -0.187. The number of halogens is 1. The summed E-state index contributed by atoms with van der Waals surface area (Å²) in [6, 6.07) is -0.187. The van der Waals surface area contributed by atoms with Gasteiger partial charge < -0.3 is 10.1 Å². The highest BCUT2D eigenvalue weighted by atomic mass is 79.9. The topological polar surface area (TPSA) is 64.1 Å². The molecule has 1 aromatic heterocycles. The molecule has 0 radical (unpaired) electrons. The Bertz CT molecular complexity index is 404. The van der Waals surface area contributed by atoms with E-state index in [0.29, 0.717) is 12.4 Å². The zero-order valence-electron chi connectivity index (χ0n) is 10.2. The van der Waals surface area contributed by atoms with E-state index in [1.54, 1.807) is 12.4 Å². The van der Waals surface area contributed by atoms with Crippen LogP contribution in [0.2, 0.25) is 0 Å². The zero-order chi connectivity index (χ0) is 13.0. The van der Waals surface area contributed by atoms with Gasteiger partial charge in [0.1, 0.15) is 5.82 Å². The van der Waals surface area contributed by atoms with Gasteiger partial charge in [-0.1, -0.05) is 0 Å². The first-order chi connectivity index (χ1) is 8.66. The van der Waals surface area contributed by atoms with Gasteiger partial charge in [-0.3, -0.25) is 4.79 Å². The molecule has 1 N–H and O–H groups in total. The Morgan fingerprint density at radius 2 is 2.28 bits per heavy atom. The number of ether oxygens (including phenoxy) is 1. The number of carbonyl (C=O) groups excluding carboxylic acids is 1. The second-order valence-electron chi connectivity index (χ2n) is 4.40. The predicted octanol–water partition coefficient (Wildman–Crippen LogP) is 1.84. The van der Waals surface area contributed by atoms with Crippen molar-refractivity contribution in [3.63, 3.8) is 0 Å². The van der Waals surface area contributed by atoms with Crippen molar-refractivity contribution in [2.75, 3.05) is 13.2 Å². The number of carbonyl (C=O) groups is 1. The molecule has 5 nitrogen and oxygen atoms in total. The summed E-state index contributed by atoms with van der Waals surface area (Å²) in [7, 11) is 0. The Kier molecular flexibility index (Phi) is 4.66. The highest BCUT2D eigenvalue weighted by Gasteiger charge is 2.23. The largest absolute Gasteiger partial charge is 0.381 e. The van der Waals surface area contributed by atoms with Gasteiger partial charge in [-0.15, -0.1) is 0 Å². The fourth-order valence-electron chi connectivity index (χ4n) is 1.89. The highest BCUT2D eigenvalue weighted by Crippen LogP contribution is 2.16. The van der Waals surface area contributed by atoms with Crippen molar-refractivity contribution in [1.29, 1.82) is 0 Å². The number of amides is 1. The minimum Gasteiger partial charge on any atom is -0.381 e. The molecule has 0 aliphatic carbocycles. The number of nitrogens with one attached hydrogen (secondary N) is 1. The van der Waals surface area contributed by atoms with Gasteiger partial charge in [-0.2, -0.15) is 0 Å². The Balaban J connectivity index is 1.91. The predicted molar refractivity (Wildman–Crippen MR) is 69.8 cm³/mol. The van der Waals surface area contributed by atoms with E-state index in [-0.39, 0.29) is 17.9 Å². The summed E-state index contributed by atoms with van der Waals surface area (Å²) in [4.78, 5) is 20.3. The van der Waals surface area contributed by atoms with Crippen molar-refractivity contribution < 1.29 is 9.53 Å². The first-order valence-corrected chi connectivity index (χ1v) is 6.81. The van der Waals surface area contributed by atoms with Crippen LogP contribution in [0.25, 0.3) is 0 Å². The number of hydrogen-bond donors (Lipinski definition) is 1. The van der Waals surface area contributed by atoms with Gasteiger partial charge in [0.05, 0.1) is 23.0 Å². The molecule has 2 atom stereocenters. The summed E-state index contributed by atoms with van der Waals surface area (Å²) in [5, 5.41) is 2.93. The summed E-state index contributed by atoms with van der Waals surface area (Å²) in [6.07, 6.45) is 5.18. The van der Waals surface area contributed by atoms with E-state index in [9.17, 15) is 4.79 Å². The normalized spacial score (nSPS) is 21.3. The molecule has 98 valence electrons. The molecule has 1 aliphatic rings. The Morgan fingerprint density at radius 3 is 2.89 bits per heavy atom. The van der Waals surface area contributed by atoms with Gasteiger partial charge in [0.25, 0.3) is 0 Å². The lowest BCUT2D eigenvalue weighted by molar-refractivity contribution is -0.129. The lowest BCUT2D eigenvalue weighted by Crippen LogP contribution is -2.37. The minimum absolute atomic E-state index is 0.0220. The van der Waals surface area contributed by atoms with Crippen LogP contribution in [-0.2, 0) is 9.53 Å². The maximum Gasteiger partial charge on any atom is 0.226 e. The van der Waals surface area contributed by atoms with Crippen molar-refractivity contribution >= 4 is 21.8 Å². The first kappa shape index (κ1) is 13.4. The van der Waals surface area contributed by atoms with Gasteiger partial charge in [-0.05, 0) is 35.7 Å².